The molecule has 1 aromatic heterocycles. The van der Waals surface area contributed by atoms with Gasteiger partial charge in [0, 0.05) is 11.5 Å². The van der Waals surface area contributed by atoms with Gasteiger partial charge in [-0.15, -0.1) is 0 Å². The fourth-order valence-electron chi connectivity index (χ4n) is 2.06. The largest absolute Gasteiger partial charge is 0.406 e. The van der Waals surface area contributed by atoms with Crippen LogP contribution in [0, 0.1) is 0 Å². The summed E-state index contributed by atoms with van der Waals surface area (Å²) in [7, 11) is -3.67. The van der Waals surface area contributed by atoms with E-state index in [2.05, 4.69) is 4.98 Å². The smallest absolute Gasteiger partial charge is 0.380 e. The molecule has 1 aromatic carbocycles. The monoisotopic (exact) mass is 279 g/mol. The zero-order chi connectivity index (χ0) is 13.9. The van der Waals surface area contributed by atoms with Crippen molar-refractivity contribution < 1.29 is 14.0 Å². The minimum atomic E-state index is -3.67. The van der Waals surface area contributed by atoms with Crippen LogP contribution >= 0.6 is 7.60 Å². The van der Waals surface area contributed by atoms with Crippen molar-refractivity contribution in [2.75, 3.05) is 0 Å². The van der Waals surface area contributed by atoms with E-state index < -0.39 is 7.60 Å². The van der Waals surface area contributed by atoms with Gasteiger partial charge < -0.3 is 9.42 Å². The van der Waals surface area contributed by atoms with Gasteiger partial charge in [-0.3, -0.25) is 0 Å². The summed E-state index contributed by atoms with van der Waals surface area (Å²) in [6.07, 6.45) is 1.22. The first-order valence-corrected chi connectivity index (χ1v) is 8.09. The summed E-state index contributed by atoms with van der Waals surface area (Å²) in [5.41, 5.74) is 0.408. The molecule has 1 unspecified atom stereocenters. The van der Waals surface area contributed by atoms with Gasteiger partial charge in [0.15, 0.2) is 0 Å². The number of rotatable bonds is 5. The van der Waals surface area contributed by atoms with Crippen molar-refractivity contribution in [3.05, 3.63) is 36.4 Å². The fourth-order valence-corrected chi connectivity index (χ4v) is 3.50. The molecule has 0 aliphatic rings. The number of hydrogen-bond donors (Lipinski definition) is 1. The Morgan fingerprint density at radius 2 is 1.89 bits per heavy atom. The Morgan fingerprint density at radius 1 is 1.21 bits per heavy atom. The number of aromatic nitrogens is 1. The molecule has 0 saturated carbocycles. The second kappa shape index (κ2) is 5.72. The predicted octanol–water partition coefficient (Wildman–Crippen LogP) is 3.99. The van der Waals surface area contributed by atoms with Crippen molar-refractivity contribution in [2.45, 2.75) is 32.3 Å². The number of fused-ring (bicyclic) bond motifs is 1. The maximum atomic E-state index is 12.2. The second-order valence-corrected chi connectivity index (χ2v) is 6.51. The summed E-state index contributed by atoms with van der Waals surface area (Å²) in [5.74, 6) is 0.205. The van der Waals surface area contributed by atoms with E-state index in [1.807, 2.05) is 44.2 Å². The topological polar surface area (TPSA) is 59.4 Å². The third-order valence-electron chi connectivity index (χ3n) is 3.20. The average molecular weight is 279 g/mol. The van der Waals surface area contributed by atoms with Crippen LogP contribution in [0.1, 0.15) is 26.7 Å². The first-order valence-electron chi connectivity index (χ1n) is 6.44. The van der Waals surface area contributed by atoms with Crippen LogP contribution in [0.4, 0.5) is 0 Å². The number of nitrogens with zero attached hydrogens (tertiary/aromatic N) is 1. The van der Waals surface area contributed by atoms with Crippen LogP contribution in [0.5, 0.6) is 5.88 Å². The predicted molar refractivity (Wildman–Crippen MR) is 76.6 cm³/mol. The molecule has 0 saturated heterocycles. The molecule has 0 radical (unpaired) electrons. The van der Waals surface area contributed by atoms with Crippen molar-refractivity contribution in [3.8, 4) is 5.88 Å². The Balaban J connectivity index is 2.28. The lowest BCUT2D eigenvalue weighted by atomic mass is 10.2. The molecule has 2 rings (SSSR count). The highest BCUT2D eigenvalue weighted by Crippen LogP contribution is 2.49. The Kier molecular flexibility index (Phi) is 4.23. The van der Waals surface area contributed by atoms with Gasteiger partial charge in [-0.1, -0.05) is 32.0 Å². The standard InChI is InChI=1S/C14H18NO3P/c1-3-12(4-2)19(16,17)18-14-10-9-11-7-5-6-8-13(11)15-14/h5-10,12H,3-4H2,1-2H3,(H,16,17). The number of pyridine rings is 1. The third kappa shape index (κ3) is 3.14. The summed E-state index contributed by atoms with van der Waals surface area (Å²) >= 11 is 0. The highest BCUT2D eigenvalue weighted by Gasteiger charge is 2.31. The van der Waals surface area contributed by atoms with E-state index >= 15 is 0 Å². The quantitative estimate of drug-likeness (QED) is 0.841. The summed E-state index contributed by atoms with van der Waals surface area (Å²) in [6, 6.07) is 11.1. The molecule has 1 atom stereocenters. The highest BCUT2D eigenvalue weighted by molar-refractivity contribution is 7.54. The van der Waals surface area contributed by atoms with Gasteiger partial charge in [0.1, 0.15) is 0 Å². The number of para-hydroxylation sites is 1. The summed E-state index contributed by atoms with van der Waals surface area (Å²) in [4.78, 5) is 14.3. The van der Waals surface area contributed by atoms with E-state index in [9.17, 15) is 9.46 Å². The van der Waals surface area contributed by atoms with Crippen LogP contribution in [0.2, 0.25) is 0 Å². The molecule has 19 heavy (non-hydrogen) atoms. The lowest BCUT2D eigenvalue weighted by Crippen LogP contribution is -2.10. The summed E-state index contributed by atoms with van der Waals surface area (Å²) in [5, 5.41) is 0.977. The molecule has 0 amide bonds. The molecular weight excluding hydrogens is 261 g/mol. The van der Waals surface area contributed by atoms with Crippen LogP contribution < -0.4 is 4.52 Å². The van der Waals surface area contributed by atoms with Gasteiger partial charge in [0.2, 0.25) is 5.88 Å². The van der Waals surface area contributed by atoms with E-state index in [0.717, 1.165) is 10.9 Å². The molecule has 1 N–H and O–H groups in total. The number of hydrogen-bond acceptors (Lipinski definition) is 3. The minimum Gasteiger partial charge on any atom is -0.406 e. The van der Waals surface area contributed by atoms with Crippen molar-refractivity contribution in [3.63, 3.8) is 0 Å². The fraction of sp³-hybridized carbons (Fsp3) is 0.357. The van der Waals surface area contributed by atoms with E-state index in [1.165, 1.54) is 0 Å². The molecule has 0 bridgehead atoms. The molecule has 5 heteroatoms. The van der Waals surface area contributed by atoms with Gasteiger partial charge >= 0.3 is 7.60 Å². The van der Waals surface area contributed by atoms with Gasteiger partial charge in [0.25, 0.3) is 0 Å². The van der Waals surface area contributed by atoms with Crippen LogP contribution in [-0.2, 0) is 4.57 Å². The maximum Gasteiger partial charge on any atom is 0.380 e. The lowest BCUT2D eigenvalue weighted by Gasteiger charge is -2.20. The van der Waals surface area contributed by atoms with Gasteiger partial charge in [-0.05, 0) is 25.0 Å². The Labute approximate surface area is 113 Å². The van der Waals surface area contributed by atoms with Crippen molar-refractivity contribution in [2.24, 2.45) is 0 Å². The SMILES string of the molecule is CCC(CC)P(=O)(O)Oc1ccc2ccccc2n1. The Hall–Kier alpha value is -1.38. The maximum absolute atomic E-state index is 12.2. The lowest BCUT2D eigenvalue weighted by molar-refractivity contribution is 0.356. The minimum absolute atomic E-state index is 0.205. The third-order valence-corrected chi connectivity index (χ3v) is 5.30. The van der Waals surface area contributed by atoms with E-state index in [0.29, 0.717) is 12.8 Å². The van der Waals surface area contributed by atoms with Crippen molar-refractivity contribution >= 4 is 18.5 Å². The molecule has 102 valence electrons. The molecule has 1 heterocycles. The second-order valence-electron chi connectivity index (χ2n) is 4.47. The van der Waals surface area contributed by atoms with Gasteiger partial charge in [-0.2, -0.15) is 0 Å². The normalized spacial score (nSPS) is 14.5. The summed E-state index contributed by atoms with van der Waals surface area (Å²) in [6.45, 7) is 3.77. The Morgan fingerprint density at radius 3 is 2.58 bits per heavy atom. The van der Waals surface area contributed by atoms with E-state index in [-0.39, 0.29) is 11.5 Å². The van der Waals surface area contributed by atoms with Gasteiger partial charge in [0.05, 0.1) is 11.2 Å². The van der Waals surface area contributed by atoms with E-state index in [4.69, 9.17) is 4.52 Å². The first-order chi connectivity index (χ1) is 9.06. The molecule has 2 aromatic rings. The zero-order valence-corrected chi connectivity index (χ0v) is 12.0. The molecule has 0 fully saturated rings. The van der Waals surface area contributed by atoms with Crippen LogP contribution in [0.3, 0.4) is 0 Å². The zero-order valence-electron chi connectivity index (χ0n) is 11.1. The average Bonchev–Trinajstić information content (AvgIpc) is 2.39. The molecule has 0 aliphatic carbocycles. The van der Waals surface area contributed by atoms with Gasteiger partial charge in [-0.25, -0.2) is 9.55 Å². The number of benzene rings is 1. The van der Waals surface area contributed by atoms with E-state index in [1.54, 1.807) is 6.07 Å². The van der Waals surface area contributed by atoms with Crippen LogP contribution in [0.25, 0.3) is 10.9 Å². The summed E-state index contributed by atoms with van der Waals surface area (Å²) < 4.78 is 17.4. The molecule has 0 aliphatic heterocycles. The molecule has 0 spiro atoms. The molecular formula is C14H18NO3P. The van der Waals surface area contributed by atoms with Crippen LogP contribution in [-0.4, -0.2) is 15.5 Å². The van der Waals surface area contributed by atoms with Crippen molar-refractivity contribution in [1.82, 2.24) is 4.98 Å². The van der Waals surface area contributed by atoms with Crippen LogP contribution in [0.15, 0.2) is 36.4 Å². The molecule has 4 nitrogen and oxygen atoms in total. The highest BCUT2D eigenvalue weighted by atomic mass is 31.2. The van der Waals surface area contributed by atoms with Crippen molar-refractivity contribution in [1.29, 1.82) is 0 Å². The first kappa shape index (κ1) is 14.0. The Bertz CT molecular complexity index is 610.